The summed E-state index contributed by atoms with van der Waals surface area (Å²) in [5.74, 6) is 1.21. The summed E-state index contributed by atoms with van der Waals surface area (Å²) >= 11 is 0. The molecule has 0 atom stereocenters. The van der Waals surface area contributed by atoms with Gasteiger partial charge in [-0.1, -0.05) is 66.7 Å². The summed E-state index contributed by atoms with van der Waals surface area (Å²) in [6, 6.07) is 28.6. The molecule has 0 aliphatic carbocycles. The van der Waals surface area contributed by atoms with Gasteiger partial charge in [-0.25, -0.2) is 4.79 Å². The molecule has 0 bridgehead atoms. The number of benzene rings is 4. The Labute approximate surface area is 321 Å². The standard InChI is InChI=1S/C45H48N4O6/c1-4-23-49-43-36(37(44(49)45(50)53-6-3)17-11-27-54-41-18-9-13-32-12-7-8-14-35(32)41)15-10-16-38(43)42-39(30-52-26-5-2)46-47-40(42)31-55-34-21-19-33(20-22-34)48-24-28-51-29-25-48/h4-5,7-10,12-16,18-22H,1-2,6,11,17,23-31H2,3H3,(H,46,47). The van der Waals surface area contributed by atoms with Gasteiger partial charge in [-0.15, -0.1) is 13.2 Å². The van der Waals surface area contributed by atoms with Crippen molar-refractivity contribution in [3.05, 3.63) is 133 Å². The van der Waals surface area contributed by atoms with Crippen molar-refractivity contribution in [2.24, 2.45) is 0 Å². The zero-order chi connectivity index (χ0) is 38.0. The van der Waals surface area contributed by atoms with Gasteiger partial charge in [-0.3, -0.25) is 5.10 Å². The van der Waals surface area contributed by atoms with E-state index in [1.54, 1.807) is 12.2 Å². The number of morpholine rings is 1. The lowest BCUT2D eigenvalue weighted by molar-refractivity contribution is 0.0513. The monoisotopic (exact) mass is 740 g/mol. The van der Waals surface area contributed by atoms with Crippen LogP contribution >= 0.6 is 0 Å². The molecule has 3 heterocycles. The van der Waals surface area contributed by atoms with Crippen molar-refractivity contribution < 1.29 is 28.5 Å². The molecule has 1 saturated heterocycles. The molecule has 0 amide bonds. The van der Waals surface area contributed by atoms with E-state index in [1.807, 2.05) is 54.0 Å². The number of nitrogens with zero attached hydrogens (tertiary/aromatic N) is 3. The Bertz CT molecular complexity index is 2240. The van der Waals surface area contributed by atoms with Crippen LogP contribution in [0.25, 0.3) is 32.8 Å². The number of nitrogens with one attached hydrogen (secondary N) is 1. The lowest BCUT2D eigenvalue weighted by Gasteiger charge is -2.28. The van der Waals surface area contributed by atoms with Crippen LogP contribution in [0.15, 0.2) is 110 Å². The number of aryl methyl sites for hydroxylation is 1. The van der Waals surface area contributed by atoms with E-state index in [9.17, 15) is 4.79 Å². The van der Waals surface area contributed by atoms with Crippen LogP contribution in [-0.4, -0.2) is 66.9 Å². The molecule has 1 aliphatic heterocycles. The minimum atomic E-state index is -0.373. The van der Waals surface area contributed by atoms with Gasteiger partial charge in [-0.05, 0) is 61.0 Å². The first-order valence-corrected chi connectivity index (χ1v) is 18.9. The zero-order valence-corrected chi connectivity index (χ0v) is 31.4. The third kappa shape index (κ3) is 8.30. The minimum absolute atomic E-state index is 0.238. The maximum atomic E-state index is 13.8. The average Bonchev–Trinajstić information content (AvgIpc) is 3.77. The molecular weight excluding hydrogens is 693 g/mol. The van der Waals surface area contributed by atoms with Crippen molar-refractivity contribution in [3.63, 3.8) is 0 Å². The zero-order valence-electron chi connectivity index (χ0n) is 31.4. The number of ether oxygens (including phenoxy) is 5. The van der Waals surface area contributed by atoms with Gasteiger partial charge in [-0.2, -0.15) is 5.10 Å². The lowest BCUT2D eigenvalue weighted by Crippen LogP contribution is -2.36. The van der Waals surface area contributed by atoms with Crippen LogP contribution in [0.3, 0.4) is 0 Å². The number of H-pyrrole nitrogens is 1. The van der Waals surface area contributed by atoms with Gasteiger partial charge in [0.1, 0.15) is 23.8 Å². The predicted molar refractivity (Wildman–Crippen MR) is 217 cm³/mol. The Morgan fingerprint density at radius 1 is 0.909 bits per heavy atom. The van der Waals surface area contributed by atoms with E-state index in [0.29, 0.717) is 38.3 Å². The average molecular weight is 741 g/mol. The number of carbonyl (C=O) groups excluding carboxylic acids is 1. The first-order valence-electron chi connectivity index (χ1n) is 18.9. The fourth-order valence-corrected chi connectivity index (χ4v) is 7.35. The van der Waals surface area contributed by atoms with Crippen molar-refractivity contribution >= 4 is 33.3 Å². The molecule has 0 spiro atoms. The number of anilines is 1. The number of para-hydroxylation sites is 1. The van der Waals surface area contributed by atoms with Gasteiger partial charge in [0.25, 0.3) is 0 Å². The maximum absolute atomic E-state index is 13.8. The Balaban J connectivity index is 1.23. The van der Waals surface area contributed by atoms with E-state index in [4.69, 9.17) is 28.8 Å². The largest absolute Gasteiger partial charge is 0.493 e. The highest BCUT2D eigenvalue weighted by atomic mass is 16.5. The normalized spacial score (nSPS) is 12.9. The fraction of sp³-hybridized carbons (Fsp3) is 0.289. The van der Waals surface area contributed by atoms with E-state index in [2.05, 4.69) is 65.6 Å². The summed E-state index contributed by atoms with van der Waals surface area (Å²) in [5, 5.41) is 11.1. The number of aromatic nitrogens is 3. The number of carbonyl (C=O) groups is 1. The van der Waals surface area contributed by atoms with E-state index in [0.717, 1.165) is 93.2 Å². The SMILES string of the molecule is C=CCOCc1n[nH]c(COc2ccc(N3CCOCC3)cc2)c1-c1cccc2c(CCCOc3cccc4ccccc34)c(C(=O)OCC)n(CC=C)c12. The molecule has 2 aromatic heterocycles. The highest BCUT2D eigenvalue weighted by Gasteiger charge is 2.27. The van der Waals surface area contributed by atoms with Crippen LogP contribution in [0.5, 0.6) is 11.5 Å². The molecular formula is C45H48N4O6. The Morgan fingerprint density at radius 3 is 2.49 bits per heavy atom. The van der Waals surface area contributed by atoms with Crippen LogP contribution in [0.4, 0.5) is 5.69 Å². The summed E-state index contributed by atoms with van der Waals surface area (Å²) in [6.45, 7) is 14.9. The summed E-state index contributed by atoms with van der Waals surface area (Å²) in [5.41, 5.74) is 6.73. The second-order valence-corrected chi connectivity index (χ2v) is 13.3. The van der Waals surface area contributed by atoms with Gasteiger partial charge >= 0.3 is 5.97 Å². The minimum Gasteiger partial charge on any atom is -0.493 e. The molecule has 0 radical (unpaired) electrons. The number of rotatable bonds is 18. The number of hydrogen-bond acceptors (Lipinski definition) is 8. The van der Waals surface area contributed by atoms with Crippen molar-refractivity contribution in [3.8, 4) is 22.6 Å². The van der Waals surface area contributed by atoms with Crippen molar-refractivity contribution in [1.29, 1.82) is 0 Å². The number of aromatic amines is 1. The fourth-order valence-electron chi connectivity index (χ4n) is 7.35. The van der Waals surface area contributed by atoms with Gasteiger partial charge in [0.05, 0.1) is 56.5 Å². The summed E-state index contributed by atoms with van der Waals surface area (Å²) in [6.07, 6.45) is 4.80. The number of esters is 1. The van der Waals surface area contributed by atoms with Crippen LogP contribution in [0.2, 0.25) is 0 Å². The molecule has 10 nitrogen and oxygen atoms in total. The molecule has 1 fully saturated rings. The van der Waals surface area contributed by atoms with Crippen LogP contribution in [0, 0.1) is 0 Å². The second-order valence-electron chi connectivity index (χ2n) is 13.3. The summed E-state index contributed by atoms with van der Waals surface area (Å²) in [7, 11) is 0. The van der Waals surface area contributed by atoms with Gasteiger partial charge in [0, 0.05) is 47.2 Å². The number of allylic oxidation sites excluding steroid dienone is 1. The molecule has 10 heteroatoms. The second kappa shape index (κ2) is 18.0. The molecule has 4 aromatic carbocycles. The van der Waals surface area contributed by atoms with Gasteiger partial charge in [0.2, 0.25) is 0 Å². The quantitative estimate of drug-likeness (QED) is 0.0531. The highest BCUT2D eigenvalue weighted by molar-refractivity contribution is 6.05. The molecule has 1 N–H and O–H groups in total. The topological polar surface area (TPSA) is 100 Å². The number of fused-ring (bicyclic) bond motifs is 2. The lowest BCUT2D eigenvalue weighted by atomic mass is 9.98. The number of hydrogen-bond donors (Lipinski definition) is 1. The van der Waals surface area contributed by atoms with Gasteiger partial charge in [0.15, 0.2) is 0 Å². The van der Waals surface area contributed by atoms with Gasteiger partial charge < -0.3 is 33.2 Å². The Morgan fingerprint density at radius 2 is 1.69 bits per heavy atom. The molecule has 0 saturated carbocycles. The molecule has 1 aliphatic rings. The Hall–Kier alpha value is -5.84. The van der Waals surface area contributed by atoms with Crippen LogP contribution in [0.1, 0.15) is 40.8 Å². The Kier molecular flexibility index (Phi) is 12.3. The van der Waals surface area contributed by atoms with Crippen LogP contribution < -0.4 is 14.4 Å². The van der Waals surface area contributed by atoms with E-state index >= 15 is 0 Å². The smallest absolute Gasteiger partial charge is 0.355 e. The first-order chi connectivity index (χ1) is 27.1. The van der Waals surface area contributed by atoms with Crippen molar-refractivity contribution in [2.75, 3.05) is 51.0 Å². The third-order valence-electron chi connectivity index (χ3n) is 9.80. The maximum Gasteiger partial charge on any atom is 0.355 e. The first kappa shape index (κ1) is 37.5. The van der Waals surface area contributed by atoms with E-state index in [1.165, 1.54) is 0 Å². The molecule has 0 unspecified atom stereocenters. The summed E-state index contributed by atoms with van der Waals surface area (Å²) < 4.78 is 31.8. The molecule has 55 heavy (non-hydrogen) atoms. The third-order valence-corrected chi connectivity index (χ3v) is 9.80. The molecule has 7 rings (SSSR count). The van der Waals surface area contributed by atoms with E-state index in [-0.39, 0.29) is 25.8 Å². The highest BCUT2D eigenvalue weighted by Crippen LogP contribution is 2.39. The van der Waals surface area contributed by atoms with Crippen molar-refractivity contribution in [1.82, 2.24) is 14.8 Å². The van der Waals surface area contributed by atoms with Crippen molar-refractivity contribution in [2.45, 2.75) is 39.5 Å². The molecule has 284 valence electrons. The molecule has 6 aromatic rings. The van der Waals surface area contributed by atoms with E-state index < -0.39 is 0 Å². The summed E-state index contributed by atoms with van der Waals surface area (Å²) in [4.78, 5) is 16.1. The van der Waals surface area contributed by atoms with Crippen LogP contribution in [-0.2, 0) is 40.4 Å². The predicted octanol–water partition coefficient (Wildman–Crippen LogP) is 8.68.